The highest BCUT2D eigenvalue weighted by Gasteiger charge is 2.25. The third kappa shape index (κ3) is 3.83. The monoisotopic (exact) mass is 345 g/mol. The molecule has 2 aromatic rings. The average molecular weight is 345 g/mol. The fourth-order valence-corrected chi connectivity index (χ4v) is 3.03. The van der Waals surface area contributed by atoms with Crippen LogP contribution < -0.4 is 4.90 Å². The van der Waals surface area contributed by atoms with Crippen molar-refractivity contribution in [1.29, 1.82) is 0 Å². The van der Waals surface area contributed by atoms with Gasteiger partial charge in [0.25, 0.3) is 0 Å². The number of benzene rings is 1. The number of pyridine rings is 1. The molecule has 0 spiro atoms. The van der Waals surface area contributed by atoms with Gasteiger partial charge in [0, 0.05) is 37.3 Å². The van der Waals surface area contributed by atoms with Gasteiger partial charge in [-0.25, -0.2) is 9.18 Å². The van der Waals surface area contributed by atoms with Crippen LogP contribution in [0.2, 0.25) is 0 Å². The summed E-state index contributed by atoms with van der Waals surface area (Å²) in [6.45, 7) is 8.53. The van der Waals surface area contributed by atoms with E-state index in [1.165, 1.54) is 6.07 Å². The Hall–Kier alpha value is -2.37. The van der Waals surface area contributed by atoms with Gasteiger partial charge in [0.1, 0.15) is 5.82 Å². The molecule has 0 atom stereocenters. The molecule has 1 aromatic heterocycles. The van der Waals surface area contributed by atoms with Gasteiger partial charge < -0.3 is 14.5 Å². The molecule has 2 heterocycles. The normalized spacial score (nSPS) is 15.1. The first-order valence-electron chi connectivity index (χ1n) is 8.68. The Balaban J connectivity index is 1.74. The van der Waals surface area contributed by atoms with Gasteiger partial charge in [-0.05, 0) is 37.1 Å². The van der Waals surface area contributed by atoms with Gasteiger partial charge in [0.05, 0.1) is 17.8 Å². The van der Waals surface area contributed by atoms with Crippen LogP contribution in [0, 0.1) is 18.7 Å². The number of halogens is 1. The fourth-order valence-electron chi connectivity index (χ4n) is 3.03. The van der Waals surface area contributed by atoms with Crippen LogP contribution >= 0.6 is 0 Å². The summed E-state index contributed by atoms with van der Waals surface area (Å²) in [5.74, 6) is 0.0555. The zero-order valence-electron chi connectivity index (χ0n) is 15.0. The predicted octanol–water partition coefficient (Wildman–Crippen LogP) is 3.60. The first kappa shape index (κ1) is 17.5. The van der Waals surface area contributed by atoms with Gasteiger partial charge in [-0.1, -0.05) is 13.8 Å². The van der Waals surface area contributed by atoms with Crippen molar-refractivity contribution >= 4 is 22.7 Å². The zero-order chi connectivity index (χ0) is 18.0. The van der Waals surface area contributed by atoms with Crippen LogP contribution in [0.1, 0.15) is 19.5 Å². The summed E-state index contributed by atoms with van der Waals surface area (Å²) in [6, 6.07) is 6.98. The summed E-state index contributed by atoms with van der Waals surface area (Å²) in [4.78, 5) is 20.2. The average Bonchev–Trinajstić information content (AvgIpc) is 2.60. The number of rotatable bonds is 3. The lowest BCUT2D eigenvalue weighted by atomic mass is 10.1. The molecule has 0 radical (unpaired) electrons. The highest BCUT2D eigenvalue weighted by Crippen LogP contribution is 2.30. The molecule has 0 saturated carbocycles. The molecule has 1 amide bonds. The van der Waals surface area contributed by atoms with Crippen LogP contribution in [0.3, 0.4) is 0 Å². The summed E-state index contributed by atoms with van der Waals surface area (Å²) in [5, 5.41) is 0.807. The molecule has 1 fully saturated rings. The lowest BCUT2D eigenvalue weighted by Crippen LogP contribution is -2.49. The van der Waals surface area contributed by atoms with Crippen LogP contribution in [-0.4, -0.2) is 48.8 Å². The van der Waals surface area contributed by atoms with Crippen LogP contribution in [0.5, 0.6) is 0 Å². The molecule has 0 N–H and O–H groups in total. The topological polar surface area (TPSA) is 45.7 Å². The molecular weight excluding hydrogens is 321 g/mol. The predicted molar refractivity (Wildman–Crippen MR) is 96.4 cm³/mol. The maximum absolute atomic E-state index is 14.5. The Kier molecular flexibility index (Phi) is 5.06. The Morgan fingerprint density at radius 2 is 1.92 bits per heavy atom. The van der Waals surface area contributed by atoms with E-state index in [1.54, 1.807) is 11.0 Å². The van der Waals surface area contributed by atoms with Crippen molar-refractivity contribution in [2.45, 2.75) is 20.8 Å². The molecule has 3 rings (SSSR count). The quantitative estimate of drug-likeness (QED) is 0.853. The highest BCUT2D eigenvalue weighted by molar-refractivity contribution is 5.92. The number of fused-ring (bicyclic) bond motifs is 1. The SMILES string of the molecule is Cc1ccc2c(N3CCN(C(=O)OCC(C)C)CC3)c(F)ccc2n1. The smallest absolute Gasteiger partial charge is 0.409 e. The van der Waals surface area contributed by atoms with E-state index in [-0.39, 0.29) is 11.9 Å². The van der Waals surface area contributed by atoms with E-state index < -0.39 is 0 Å². The number of hydrogen-bond acceptors (Lipinski definition) is 4. The zero-order valence-corrected chi connectivity index (χ0v) is 15.0. The number of piperazine rings is 1. The van der Waals surface area contributed by atoms with Gasteiger partial charge in [0.2, 0.25) is 0 Å². The first-order valence-corrected chi connectivity index (χ1v) is 8.68. The fraction of sp³-hybridized carbons (Fsp3) is 0.474. The molecule has 0 unspecified atom stereocenters. The minimum atomic E-state index is -0.288. The van der Waals surface area contributed by atoms with E-state index >= 15 is 0 Å². The molecule has 1 aliphatic heterocycles. The second-order valence-corrected chi connectivity index (χ2v) is 6.86. The largest absolute Gasteiger partial charge is 0.449 e. The second kappa shape index (κ2) is 7.25. The summed E-state index contributed by atoms with van der Waals surface area (Å²) < 4.78 is 19.8. The number of ether oxygens (including phenoxy) is 1. The van der Waals surface area contributed by atoms with E-state index in [1.807, 2.05) is 37.8 Å². The summed E-state index contributed by atoms with van der Waals surface area (Å²) >= 11 is 0. The Bertz CT molecular complexity index is 771. The number of amides is 1. The van der Waals surface area contributed by atoms with E-state index in [0.29, 0.717) is 44.4 Å². The molecule has 1 aliphatic rings. The van der Waals surface area contributed by atoms with Crippen molar-refractivity contribution in [1.82, 2.24) is 9.88 Å². The van der Waals surface area contributed by atoms with Crippen molar-refractivity contribution in [2.24, 2.45) is 5.92 Å². The van der Waals surface area contributed by atoms with Crippen LogP contribution in [-0.2, 0) is 4.74 Å². The summed E-state index contributed by atoms with van der Waals surface area (Å²) in [5.41, 5.74) is 2.26. The van der Waals surface area contributed by atoms with E-state index in [0.717, 1.165) is 16.6 Å². The number of hydrogen-bond donors (Lipinski definition) is 0. The number of aryl methyl sites for hydroxylation is 1. The molecule has 134 valence electrons. The first-order chi connectivity index (χ1) is 12.0. The molecule has 1 saturated heterocycles. The lowest BCUT2D eigenvalue weighted by Gasteiger charge is -2.36. The van der Waals surface area contributed by atoms with Gasteiger partial charge in [-0.2, -0.15) is 0 Å². The molecule has 25 heavy (non-hydrogen) atoms. The molecule has 0 bridgehead atoms. The van der Waals surface area contributed by atoms with Gasteiger partial charge in [0.15, 0.2) is 0 Å². The van der Waals surface area contributed by atoms with Crippen LogP contribution in [0.15, 0.2) is 24.3 Å². The highest BCUT2D eigenvalue weighted by atomic mass is 19.1. The summed E-state index contributed by atoms with van der Waals surface area (Å²) in [6.07, 6.45) is -0.288. The number of aromatic nitrogens is 1. The maximum Gasteiger partial charge on any atom is 0.409 e. The van der Waals surface area contributed by atoms with Crippen LogP contribution in [0.25, 0.3) is 10.9 Å². The molecule has 0 aliphatic carbocycles. The van der Waals surface area contributed by atoms with E-state index in [2.05, 4.69) is 4.98 Å². The maximum atomic E-state index is 14.5. The van der Waals surface area contributed by atoms with Gasteiger partial charge in [-0.15, -0.1) is 0 Å². The Labute approximate surface area is 147 Å². The van der Waals surface area contributed by atoms with E-state index in [4.69, 9.17) is 4.74 Å². The third-order valence-corrected chi connectivity index (χ3v) is 4.33. The Morgan fingerprint density at radius 1 is 1.20 bits per heavy atom. The van der Waals surface area contributed by atoms with Crippen molar-refractivity contribution in [3.63, 3.8) is 0 Å². The minimum Gasteiger partial charge on any atom is -0.449 e. The summed E-state index contributed by atoms with van der Waals surface area (Å²) in [7, 11) is 0. The number of carbonyl (C=O) groups is 1. The Morgan fingerprint density at radius 3 is 2.60 bits per heavy atom. The molecule has 6 heteroatoms. The van der Waals surface area contributed by atoms with Crippen molar-refractivity contribution in [3.05, 3.63) is 35.8 Å². The van der Waals surface area contributed by atoms with Crippen molar-refractivity contribution in [3.8, 4) is 0 Å². The standard InChI is InChI=1S/C19H24FN3O2/c1-13(2)12-25-19(24)23-10-8-22(9-11-23)18-15-5-4-14(3)21-17(15)7-6-16(18)20/h4-7,13H,8-12H2,1-3H3. The van der Waals surface area contributed by atoms with Gasteiger partial charge in [-0.3, -0.25) is 4.98 Å². The van der Waals surface area contributed by atoms with Gasteiger partial charge >= 0.3 is 6.09 Å². The molecule has 1 aromatic carbocycles. The van der Waals surface area contributed by atoms with Crippen molar-refractivity contribution < 1.29 is 13.9 Å². The number of carbonyl (C=O) groups excluding carboxylic acids is 1. The molecular formula is C19H24FN3O2. The lowest BCUT2D eigenvalue weighted by molar-refractivity contribution is 0.0901. The van der Waals surface area contributed by atoms with Crippen LogP contribution in [0.4, 0.5) is 14.9 Å². The van der Waals surface area contributed by atoms with E-state index in [9.17, 15) is 9.18 Å². The number of nitrogens with zero attached hydrogens (tertiary/aromatic N) is 3. The second-order valence-electron chi connectivity index (χ2n) is 6.86. The third-order valence-electron chi connectivity index (χ3n) is 4.33. The minimum absolute atomic E-state index is 0.256. The van der Waals surface area contributed by atoms with Crippen molar-refractivity contribution in [2.75, 3.05) is 37.7 Å². The molecule has 5 nitrogen and oxygen atoms in total. The number of anilines is 1.